The molecule has 0 aromatic carbocycles. The molecule has 1 amide bonds. The summed E-state index contributed by atoms with van der Waals surface area (Å²) in [6.07, 6.45) is 2.32. The van der Waals surface area contributed by atoms with Gasteiger partial charge in [0.05, 0.1) is 0 Å². The Kier molecular flexibility index (Phi) is 3.33. The number of nitrogens with one attached hydrogen (secondary N) is 1. The topological polar surface area (TPSA) is 85.8 Å². The SMILES string of the molecule is CC(=O)NCCSc1nnc(C2CC2)n1N. The molecule has 0 aliphatic heterocycles. The molecule has 1 aliphatic carbocycles. The minimum Gasteiger partial charge on any atom is -0.356 e. The van der Waals surface area contributed by atoms with Crippen molar-refractivity contribution in [1.82, 2.24) is 20.2 Å². The van der Waals surface area contributed by atoms with Crippen LogP contribution >= 0.6 is 11.8 Å². The van der Waals surface area contributed by atoms with E-state index in [-0.39, 0.29) is 5.91 Å². The van der Waals surface area contributed by atoms with Gasteiger partial charge in [-0.3, -0.25) is 4.79 Å². The van der Waals surface area contributed by atoms with Crippen molar-refractivity contribution < 1.29 is 4.79 Å². The number of amides is 1. The van der Waals surface area contributed by atoms with Gasteiger partial charge in [0.25, 0.3) is 0 Å². The van der Waals surface area contributed by atoms with Crippen molar-refractivity contribution in [3.05, 3.63) is 5.82 Å². The average Bonchev–Trinajstić information content (AvgIpc) is 3.00. The first-order valence-corrected chi connectivity index (χ1v) is 6.24. The van der Waals surface area contributed by atoms with E-state index in [1.54, 1.807) is 4.68 Å². The largest absolute Gasteiger partial charge is 0.356 e. The number of aromatic nitrogens is 3. The lowest BCUT2D eigenvalue weighted by Gasteiger charge is -2.03. The molecule has 1 aromatic heterocycles. The Balaban J connectivity index is 1.82. The van der Waals surface area contributed by atoms with E-state index in [4.69, 9.17) is 5.84 Å². The number of nitrogens with zero attached hydrogens (tertiary/aromatic N) is 3. The molecule has 16 heavy (non-hydrogen) atoms. The predicted molar refractivity (Wildman–Crippen MR) is 61.6 cm³/mol. The number of hydrogen-bond donors (Lipinski definition) is 2. The van der Waals surface area contributed by atoms with Gasteiger partial charge in [-0.1, -0.05) is 11.8 Å². The highest BCUT2D eigenvalue weighted by Gasteiger charge is 2.29. The molecule has 0 unspecified atom stereocenters. The summed E-state index contributed by atoms with van der Waals surface area (Å²) in [5, 5.41) is 11.5. The van der Waals surface area contributed by atoms with Gasteiger partial charge in [-0.2, -0.15) is 0 Å². The van der Waals surface area contributed by atoms with Gasteiger partial charge < -0.3 is 11.2 Å². The Morgan fingerprint density at radius 1 is 1.62 bits per heavy atom. The third-order valence-electron chi connectivity index (χ3n) is 2.34. The van der Waals surface area contributed by atoms with Gasteiger partial charge in [-0.15, -0.1) is 10.2 Å². The van der Waals surface area contributed by atoms with Crippen molar-refractivity contribution in [2.24, 2.45) is 0 Å². The molecular weight excluding hydrogens is 226 g/mol. The zero-order chi connectivity index (χ0) is 11.5. The van der Waals surface area contributed by atoms with Gasteiger partial charge in [0, 0.05) is 25.1 Å². The van der Waals surface area contributed by atoms with E-state index in [2.05, 4.69) is 15.5 Å². The molecule has 1 aromatic rings. The predicted octanol–water partition coefficient (Wildman–Crippen LogP) is 0.0975. The second-order valence-corrected chi connectivity index (χ2v) is 4.88. The molecule has 88 valence electrons. The monoisotopic (exact) mass is 241 g/mol. The van der Waals surface area contributed by atoms with Crippen molar-refractivity contribution >= 4 is 17.7 Å². The van der Waals surface area contributed by atoms with Crippen LogP contribution in [0.1, 0.15) is 31.5 Å². The normalized spacial score (nSPS) is 15.1. The van der Waals surface area contributed by atoms with Crippen molar-refractivity contribution in [3.63, 3.8) is 0 Å². The molecule has 7 heteroatoms. The van der Waals surface area contributed by atoms with E-state index < -0.39 is 0 Å². The molecule has 0 spiro atoms. The maximum atomic E-state index is 10.6. The maximum absolute atomic E-state index is 10.6. The Labute approximate surface area is 98.0 Å². The molecule has 0 radical (unpaired) electrons. The van der Waals surface area contributed by atoms with E-state index >= 15 is 0 Å². The molecule has 1 heterocycles. The van der Waals surface area contributed by atoms with Crippen LogP contribution in [0.15, 0.2) is 5.16 Å². The highest BCUT2D eigenvalue weighted by Crippen LogP contribution is 2.39. The van der Waals surface area contributed by atoms with Crippen LogP contribution in [0.4, 0.5) is 0 Å². The van der Waals surface area contributed by atoms with Crippen LogP contribution < -0.4 is 11.2 Å². The first kappa shape index (κ1) is 11.3. The van der Waals surface area contributed by atoms with Gasteiger partial charge in [0.1, 0.15) is 0 Å². The third kappa shape index (κ3) is 2.66. The lowest BCUT2D eigenvalue weighted by molar-refractivity contribution is -0.118. The minimum atomic E-state index is -0.0199. The first-order chi connectivity index (χ1) is 7.68. The molecule has 0 atom stereocenters. The van der Waals surface area contributed by atoms with Crippen LogP contribution in [0.3, 0.4) is 0 Å². The summed E-state index contributed by atoms with van der Waals surface area (Å²) >= 11 is 1.50. The minimum absolute atomic E-state index is 0.0199. The molecule has 1 aliphatic rings. The molecule has 6 nitrogen and oxygen atoms in total. The van der Waals surface area contributed by atoms with Crippen LogP contribution in [0.2, 0.25) is 0 Å². The van der Waals surface area contributed by atoms with Gasteiger partial charge in [-0.25, -0.2) is 4.68 Å². The number of carbonyl (C=O) groups excluding carboxylic acids is 1. The molecule has 1 fully saturated rings. The summed E-state index contributed by atoms with van der Waals surface area (Å²) in [6.45, 7) is 2.12. The average molecular weight is 241 g/mol. The standard InChI is InChI=1S/C9H15N5OS/c1-6(15)11-4-5-16-9-13-12-8(14(9)10)7-2-3-7/h7H,2-5,10H2,1H3,(H,11,15). The van der Waals surface area contributed by atoms with Gasteiger partial charge >= 0.3 is 0 Å². The van der Waals surface area contributed by atoms with Crippen LogP contribution in [-0.4, -0.2) is 33.1 Å². The van der Waals surface area contributed by atoms with Crippen molar-refractivity contribution in [2.45, 2.75) is 30.8 Å². The lowest BCUT2D eigenvalue weighted by Crippen LogP contribution is -2.22. The summed E-state index contributed by atoms with van der Waals surface area (Å²) in [5.74, 6) is 7.98. The highest BCUT2D eigenvalue weighted by atomic mass is 32.2. The quantitative estimate of drug-likeness (QED) is 0.434. The summed E-state index contributed by atoms with van der Waals surface area (Å²) in [5.41, 5.74) is 0. The van der Waals surface area contributed by atoms with Gasteiger partial charge in [-0.05, 0) is 12.8 Å². The molecular formula is C9H15N5OS. The molecule has 2 rings (SSSR count). The fourth-order valence-corrected chi connectivity index (χ4v) is 2.09. The van der Waals surface area contributed by atoms with E-state index in [1.165, 1.54) is 18.7 Å². The van der Waals surface area contributed by atoms with Gasteiger partial charge in [0.15, 0.2) is 5.82 Å². The number of nitrogen functional groups attached to an aromatic ring is 1. The van der Waals surface area contributed by atoms with Crippen molar-refractivity contribution in [2.75, 3.05) is 18.1 Å². The smallest absolute Gasteiger partial charge is 0.216 e. The van der Waals surface area contributed by atoms with Crippen molar-refractivity contribution in [3.8, 4) is 0 Å². The number of carbonyl (C=O) groups is 1. The lowest BCUT2D eigenvalue weighted by atomic mass is 10.4. The first-order valence-electron chi connectivity index (χ1n) is 5.26. The zero-order valence-corrected chi connectivity index (χ0v) is 9.96. The summed E-state index contributed by atoms with van der Waals surface area (Å²) in [7, 11) is 0. The van der Waals surface area contributed by atoms with Crippen LogP contribution in [0, 0.1) is 0 Å². The van der Waals surface area contributed by atoms with E-state index in [0.29, 0.717) is 17.6 Å². The van der Waals surface area contributed by atoms with E-state index in [9.17, 15) is 4.79 Å². The molecule has 3 N–H and O–H groups in total. The summed E-state index contributed by atoms with van der Waals surface area (Å²) in [4.78, 5) is 10.6. The number of thioether (sulfide) groups is 1. The number of hydrogen-bond acceptors (Lipinski definition) is 5. The molecule has 1 saturated carbocycles. The van der Waals surface area contributed by atoms with E-state index in [1.807, 2.05) is 0 Å². The third-order valence-corrected chi connectivity index (χ3v) is 3.29. The van der Waals surface area contributed by atoms with E-state index in [0.717, 1.165) is 24.4 Å². The second kappa shape index (κ2) is 4.73. The number of nitrogens with two attached hydrogens (primary N) is 1. The second-order valence-electron chi connectivity index (χ2n) is 3.82. The van der Waals surface area contributed by atoms with Gasteiger partial charge in [0.2, 0.25) is 11.1 Å². The van der Waals surface area contributed by atoms with Crippen LogP contribution in [0.5, 0.6) is 0 Å². The van der Waals surface area contributed by atoms with Crippen LogP contribution in [-0.2, 0) is 4.79 Å². The maximum Gasteiger partial charge on any atom is 0.216 e. The van der Waals surface area contributed by atoms with Crippen molar-refractivity contribution in [1.29, 1.82) is 0 Å². The molecule has 0 bridgehead atoms. The number of rotatable bonds is 5. The Hall–Kier alpha value is -1.24. The van der Waals surface area contributed by atoms with Crippen LogP contribution in [0.25, 0.3) is 0 Å². The Morgan fingerprint density at radius 3 is 3.00 bits per heavy atom. The summed E-state index contributed by atoms with van der Waals surface area (Å²) < 4.78 is 1.57. The Bertz CT molecular complexity index is 387. The zero-order valence-electron chi connectivity index (χ0n) is 9.14. The fourth-order valence-electron chi connectivity index (χ4n) is 1.38. The Morgan fingerprint density at radius 2 is 2.38 bits per heavy atom. The summed E-state index contributed by atoms with van der Waals surface area (Å²) in [6, 6.07) is 0. The highest BCUT2D eigenvalue weighted by molar-refractivity contribution is 7.99. The fraction of sp³-hybridized carbons (Fsp3) is 0.667. The molecule has 0 saturated heterocycles.